The van der Waals surface area contributed by atoms with E-state index in [0.29, 0.717) is 6.54 Å². The van der Waals surface area contributed by atoms with Crippen molar-refractivity contribution in [2.45, 2.75) is 19.1 Å². The van der Waals surface area contributed by atoms with E-state index in [1.54, 1.807) is 14.2 Å². The summed E-state index contributed by atoms with van der Waals surface area (Å²) >= 11 is 0. The number of ether oxygens (including phenoxy) is 3. The summed E-state index contributed by atoms with van der Waals surface area (Å²) in [4.78, 5) is 16.9. The number of amides is 1. The average Bonchev–Trinajstić information content (AvgIpc) is 2.92. The van der Waals surface area contributed by atoms with Crippen LogP contribution in [0.2, 0.25) is 0 Å². The van der Waals surface area contributed by atoms with E-state index in [-0.39, 0.29) is 24.5 Å². The number of carbonyl (C=O) groups is 1. The second-order valence-electron chi connectivity index (χ2n) is 7.69. The van der Waals surface area contributed by atoms with Gasteiger partial charge in [0.05, 0.1) is 20.3 Å². The minimum atomic E-state index is 0.0367. The number of methoxy groups -OCH3 is 2. The Bertz CT molecular complexity index is 820. The van der Waals surface area contributed by atoms with E-state index in [0.717, 1.165) is 48.8 Å². The fourth-order valence-electron chi connectivity index (χ4n) is 4.29. The molecule has 0 radical (unpaired) electrons. The van der Waals surface area contributed by atoms with Crippen LogP contribution in [0.25, 0.3) is 0 Å². The Labute approximate surface area is 172 Å². The Hall–Kier alpha value is -2.57. The minimum Gasteiger partial charge on any atom is -0.497 e. The SMILES string of the molecule is COc1cc(CN2CC[C@@H]3OCC(=O)N(c4ccccc4)C[C@H]3C2)cc(OC)c1. The number of carbonyl (C=O) groups excluding carboxylic acids is 1. The van der Waals surface area contributed by atoms with Crippen LogP contribution in [0.5, 0.6) is 11.5 Å². The highest BCUT2D eigenvalue weighted by Gasteiger charge is 2.36. The summed E-state index contributed by atoms with van der Waals surface area (Å²) in [6.07, 6.45) is 1.06. The van der Waals surface area contributed by atoms with E-state index in [4.69, 9.17) is 14.2 Å². The van der Waals surface area contributed by atoms with E-state index < -0.39 is 0 Å². The number of anilines is 1. The third-order valence-corrected chi connectivity index (χ3v) is 5.77. The molecule has 0 bridgehead atoms. The van der Waals surface area contributed by atoms with E-state index in [1.165, 1.54) is 0 Å². The molecular formula is C23H28N2O4. The molecule has 2 heterocycles. The van der Waals surface area contributed by atoms with E-state index in [9.17, 15) is 4.79 Å². The lowest BCUT2D eigenvalue weighted by Crippen LogP contribution is -2.47. The van der Waals surface area contributed by atoms with Gasteiger partial charge < -0.3 is 19.1 Å². The predicted molar refractivity (Wildman–Crippen MR) is 111 cm³/mol. The van der Waals surface area contributed by atoms with Crippen molar-refractivity contribution in [2.75, 3.05) is 45.4 Å². The molecule has 0 aromatic heterocycles. The van der Waals surface area contributed by atoms with Gasteiger partial charge in [0.25, 0.3) is 5.91 Å². The quantitative estimate of drug-likeness (QED) is 0.778. The topological polar surface area (TPSA) is 51.2 Å². The molecule has 29 heavy (non-hydrogen) atoms. The van der Waals surface area contributed by atoms with Crippen molar-refractivity contribution in [1.29, 1.82) is 0 Å². The molecule has 2 fully saturated rings. The first-order valence-electron chi connectivity index (χ1n) is 10.1. The number of rotatable bonds is 5. The van der Waals surface area contributed by atoms with Gasteiger partial charge in [0.1, 0.15) is 18.1 Å². The van der Waals surface area contributed by atoms with Gasteiger partial charge in [0.15, 0.2) is 0 Å². The highest BCUT2D eigenvalue weighted by molar-refractivity contribution is 5.94. The molecule has 154 valence electrons. The van der Waals surface area contributed by atoms with Crippen molar-refractivity contribution in [3.63, 3.8) is 0 Å². The summed E-state index contributed by atoms with van der Waals surface area (Å²) in [5, 5.41) is 0. The smallest absolute Gasteiger partial charge is 0.252 e. The zero-order chi connectivity index (χ0) is 20.2. The van der Waals surface area contributed by atoms with E-state index in [1.807, 2.05) is 41.3 Å². The number of fused-ring (bicyclic) bond motifs is 1. The van der Waals surface area contributed by atoms with Crippen molar-refractivity contribution in [3.8, 4) is 11.5 Å². The molecule has 0 spiro atoms. The Morgan fingerprint density at radius 1 is 1.03 bits per heavy atom. The Balaban J connectivity index is 1.48. The van der Waals surface area contributed by atoms with Gasteiger partial charge in [-0.2, -0.15) is 0 Å². The molecular weight excluding hydrogens is 368 g/mol. The van der Waals surface area contributed by atoms with Crippen LogP contribution in [0.1, 0.15) is 12.0 Å². The van der Waals surface area contributed by atoms with Gasteiger partial charge in [-0.3, -0.25) is 9.69 Å². The predicted octanol–water partition coefficient (Wildman–Crippen LogP) is 2.96. The Morgan fingerprint density at radius 2 is 1.76 bits per heavy atom. The molecule has 0 unspecified atom stereocenters. The van der Waals surface area contributed by atoms with Crippen molar-refractivity contribution in [2.24, 2.45) is 5.92 Å². The van der Waals surface area contributed by atoms with Gasteiger partial charge in [-0.1, -0.05) is 18.2 Å². The molecule has 2 aliphatic rings. The number of nitrogens with zero attached hydrogens (tertiary/aromatic N) is 2. The number of benzene rings is 2. The molecule has 4 rings (SSSR count). The Morgan fingerprint density at radius 3 is 2.45 bits per heavy atom. The number of piperidine rings is 1. The van der Waals surface area contributed by atoms with Gasteiger partial charge >= 0.3 is 0 Å². The average molecular weight is 396 g/mol. The second kappa shape index (κ2) is 8.84. The highest BCUT2D eigenvalue weighted by Crippen LogP contribution is 2.29. The van der Waals surface area contributed by atoms with Crippen LogP contribution in [0.15, 0.2) is 48.5 Å². The number of hydrogen-bond acceptors (Lipinski definition) is 5. The first-order chi connectivity index (χ1) is 14.2. The van der Waals surface area contributed by atoms with Crippen LogP contribution in [0, 0.1) is 5.92 Å². The molecule has 2 aromatic rings. The lowest BCUT2D eigenvalue weighted by molar-refractivity contribution is -0.124. The second-order valence-corrected chi connectivity index (χ2v) is 7.69. The number of para-hydroxylation sites is 1. The highest BCUT2D eigenvalue weighted by atomic mass is 16.5. The number of likely N-dealkylation sites (tertiary alicyclic amines) is 1. The monoisotopic (exact) mass is 396 g/mol. The van der Waals surface area contributed by atoms with Crippen LogP contribution in [0.4, 0.5) is 5.69 Å². The van der Waals surface area contributed by atoms with Crippen LogP contribution in [-0.2, 0) is 16.1 Å². The summed E-state index contributed by atoms with van der Waals surface area (Å²) in [6, 6.07) is 15.9. The summed E-state index contributed by atoms with van der Waals surface area (Å²) in [6.45, 7) is 3.49. The minimum absolute atomic E-state index is 0.0367. The first-order valence-corrected chi connectivity index (χ1v) is 10.1. The molecule has 0 N–H and O–H groups in total. The van der Waals surface area contributed by atoms with Crippen LogP contribution < -0.4 is 14.4 Å². The standard InChI is InChI=1S/C23H28N2O4/c1-27-20-10-17(11-21(12-20)28-2)13-24-9-8-22-18(14-24)15-25(23(26)16-29-22)19-6-4-3-5-7-19/h3-7,10-12,18,22H,8-9,13-16H2,1-2H3/t18-,22+/m1/s1. The van der Waals surface area contributed by atoms with Crippen LogP contribution >= 0.6 is 0 Å². The number of hydrogen-bond donors (Lipinski definition) is 0. The summed E-state index contributed by atoms with van der Waals surface area (Å²) in [5.41, 5.74) is 2.10. The third kappa shape index (κ3) is 4.54. The zero-order valence-electron chi connectivity index (χ0n) is 17.0. The summed E-state index contributed by atoms with van der Waals surface area (Å²) in [7, 11) is 3.34. The fraction of sp³-hybridized carbons (Fsp3) is 0.435. The first kappa shape index (κ1) is 19.7. The molecule has 6 nitrogen and oxygen atoms in total. The zero-order valence-corrected chi connectivity index (χ0v) is 17.0. The van der Waals surface area contributed by atoms with Crippen LogP contribution in [-0.4, -0.2) is 57.4 Å². The molecule has 6 heteroatoms. The summed E-state index contributed by atoms with van der Waals surface area (Å²) < 4.78 is 16.8. The maximum atomic E-state index is 12.6. The summed E-state index contributed by atoms with van der Waals surface area (Å²) in [5.74, 6) is 1.92. The molecule has 2 aromatic carbocycles. The Kier molecular flexibility index (Phi) is 6.02. The van der Waals surface area contributed by atoms with E-state index >= 15 is 0 Å². The lowest BCUT2D eigenvalue weighted by Gasteiger charge is -2.38. The van der Waals surface area contributed by atoms with Gasteiger partial charge in [-0.25, -0.2) is 0 Å². The van der Waals surface area contributed by atoms with E-state index in [2.05, 4.69) is 17.0 Å². The van der Waals surface area contributed by atoms with Gasteiger partial charge in [0, 0.05) is 43.9 Å². The molecule has 2 aliphatic heterocycles. The maximum Gasteiger partial charge on any atom is 0.252 e. The maximum absolute atomic E-state index is 12.6. The van der Waals surface area contributed by atoms with Crippen molar-refractivity contribution >= 4 is 11.6 Å². The van der Waals surface area contributed by atoms with Crippen molar-refractivity contribution in [3.05, 3.63) is 54.1 Å². The molecule has 1 amide bonds. The third-order valence-electron chi connectivity index (χ3n) is 5.77. The molecule has 0 aliphatic carbocycles. The van der Waals surface area contributed by atoms with Gasteiger partial charge in [-0.05, 0) is 36.2 Å². The van der Waals surface area contributed by atoms with Crippen molar-refractivity contribution < 1.29 is 19.0 Å². The van der Waals surface area contributed by atoms with Gasteiger partial charge in [-0.15, -0.1) is 0 Å². The lowest BCUT2D eigenvalue weighted by atomic mass is 9.93. The fourth-order valence-corrected chi connectivity index (χ4v) is 4.29. The largest absolute Gasteiger partial charge is 0.497 e. The molecule has 0 saturated carbocycles. The van der Waals surface area contributed by atoms with Crippen LogP contribution in [0.3, 0.4) is 0 Å². The van der Waals surface area contributed by atoms with Crippen molar-refractivity contribution in [1.82, 2.24) is 4.90 Å². The molecule has 2 atom stereocenters. The molecule has 2 saturated heterocycles. The van der Waals surface area contributed by atoms with Gasteiger partial charge in [0.2, 0.25) is 0 Å². The normalized spacial score (nSPS) is 22.7.